The van der Waals surface area contributed by atoms with E-state index in [0.29, 0.717) is 11.3 Å². The first kappa shape index (κ1) is 37.6. The third-order valence-electron chi connectivity index (χ3n) is 9.61. The molecule has 0 saturated heterocycles. The second-order valence-corrected chi connectivity index (χ2v) is 23.2. The molecule has 4 aromatic carbocycles. The molecular weight excluding hydrogens is 602 g/mol. The monoisotopic (exact) mass is 664 g/mol. The Hall–Kier alpha value is -2.26. The van der Waals surface area contributed by atoms with Gasteiger partial charge in [-0.1, -0.05) is 194 Å². The molecule has 0 aromatic heterocycles. The minimum Gasteiger partial charge on any atom is -0.0579 e. The van der Waals surface area contributed by atoms with Gasteiger partial charge in [-0.05, 0) is 98.7 Å². The van der Waals surface area contributed by atoms with Gasteiger partial charge in [0.1, 0.15) is 0 Å². The van der Waals surface area contributed by atoms with Crippen molar-refractivity contribution in [1.29, 1.82) is 0 Å². The molecule has 0 saturated carbocycles. The standard InChI is InChI=1S/C45H62P2/c1-32(46(38-23-15-34(16-24-38)42(3,4)5)39-25-17-35(18-26-39)43(6,7)8)31-33(2)47(40-27-19-36(20-28-40)44(9,10)11)41-29-21-37(22-30-41)45(12,13)14/h15-30,32-33H,31H2,1-14H3/t32-,33-/m1/s1. The third kappa shape index (κ3) is 9.46. The molecule has 0 aliphatic heterocycles. The van der Waals surface area contributed by atoms with Gasteiger partial charge in [0, 0.05) is 0 Å². The fourth-order valence-corrected chi connectivity index (χ4v) is 12.2. The predicted octanol–water partition coefficient (Wildman–Crippen LogP) is 11.6. The lowest BCUT2D eigenvalue weighted by molar-refractivity contribution is 0.590. The zero-order valence-corrected chi connectivity index (χ0v) is 33.8. The molecule has 0 unspecified atom stereocenters. The molecule has 0 spiro atoms. The van der Waals surface area contributed by atoms with E-state index in [0.717, 1.165) is 0 Å². The lowest BCUT2D eigenvalue weighted by Crippen LogP contribution is -2.27. The summed E-state index contributed by atoms with van der Waals surface area (Å²) in [5, 5.41) is 5.96. The molecule has 0 amide bonds. The topological polar surface area (TPSA) is 0 Å². The van der Waals surface area contributed by atoms with Crippen LogP contribution in [0.15, 0.2) is 97.1 Å². The van der Waals surface area contributed by atoms with Crippen LogP contribution in [0, 0.1) is 0 Å². The normalized spacial score (nSPS) is 14.5. The number of hydrogen-bond donors (Lipinski definition) is 0. The van der Waals surface area contributed by atoms with Crippen molar-refractivity contribution in [3.05, 3.63) is 119 Å². The van der Waals surface area contributed by atoms with Crippen LogP contribution in [-0.4, -0.2) is 11.3 Å². The van der Waals surface area contributed by atoms with E-state index in [-0.39, 0.29) is 21.7 Å². The van der Waals surface area contributed by atoms with Crippen LogP contribution in [-0.2, 0) is 21.7 Å². The molecule has 0 radical (unpaired) electrons. The molecule has 0 nitrogen and oxygen atoms in total. The van der Waals surface area contributed by atoms with E-state index in [1.807, 2.05) is 0 Å². The molecule has 4 aromatic rings. The van der Waals surface area contributed by atoms with Crippen LogP contribution in [0.25, 0.3) is 0 Å². The van der Waals surface area contributed by atoms with Gasteiger partial charge in [0.25, 0.3) is 0 Å². The molecule has 0 heterocycles. The Morgan fingerprint density at radius 3 is 0.660 bits per heavy atom. The minimum atomic E-state index is -0.534. The molecular formula is C45H62P2. The van der Waals surface area contributed by atoms with Crippen molar-refractivity contribution in [3.63, 3.8) is 0 Å². The quantitative estimate of drug-likeness (QED) is 0.164. The first-order valence-corrected chi connectivity index (χ1v) is 20.5. The fourth-order valence-electron chi connectivity index (χ4n) is 6.51. The maximum atomic E-state index is 2.52. The minimum absolute atomic E-state index is 0.149. The van der Waals surface area contributed by atoms with Crippen LogP contribution in [0.5, 0.6) is 0 Å². The van der Waals surface area contributed by atoms with Gasteiger partial charge in [0.15, 0.2) is 0 Å². The van der Waals surface area contributed by atoms with Crippen LogP contribution < -0.4 is 21.2 Å². The predicted molar refractivity (Wildman–Crippen MR) is 216 cm³/mol. The maximum absolute atomic E-state index is 2.52. The number of benzene rings is 4. The van der Waals surface area contributed by atoms with E-state index >= 15 is 0 Å². The van der Waals surface area contributed by atoms with Crippen molar-refractivity contribution < 1.29 is 0 Å². The summed E-state index contributed by atoms with van der Waals surface area (Å²) in [6.07, 6.45) is 1.18. The zero-order valence-electron chi connectivity index (χ0n) is 32.0. The van der Waals surface area contributed by atoms with E-state index in [2.05, 4.69) is 194 Å². The maximum Gasteiger partial charge on any atom is -0.0132 e. The summed E-state index contributed by atoms with van der Waals surface area (Å²) < 4.78 is 0. The van der Waals surface area contributed by atoms with Crippen molar-refractivity contribution in [2.75, 3.05) is 0 Å². The SMILES string of the molecule is C[C@H](C[C@@H](C)P(c1ccc(C(C)(C)C)cc1)c1ccc(C(C)(C)C)cc1)P(c1ccc(C(C)(C)C)cc1)c1ccc(C(C)(C)C)cc1. The Kier molecular flexibility index (Phi) is 11.4. The van der Waals surface area contributed by atoms with E-state index < -0.39 is 15.8 Å². The summed E-state index contributed by atoms with van der Waals surface area (Å²) in [6, 6.07) is 38.5. The molecule has 252 valence electrons. The highest BCUT2D eigenvalue weighted by atomic mass is 31.1. The van der Waals surface area contributed by atoms with Gasteiger partial charge in [-0.25, -0.2) is 0 Å². The van der Waals surface area contributed by atoms with Gasteiger partial charge < -0.3 is 0 Å². The van der Waals surface area contributed by atoms with Crippen molar-refractivity contribution in [2.24, 2.45) is 0 Å². The van der Waals surface area contributed by atoms with Crippen molar-refractivity contribution >= 4 is 37.1 Å². The lowest BCUT2D eigenvalue weighted by Gasteiger charge is -2.33. The first-order valence-electron chi connectivity index (χ1n) is 17.7. The molecule has 0 bridgehead atoms. The Balaban J connectivity index is 1.74. The molecule has 0 fully saturated rings. The summed E-state index contributed by atoms with van der Waals surface area (Å²) in [7, 11) is -1.07. The third-order valence-corrected chi connectivity index (χ3v) is 15.2. The van der Waals surface area contributed by atoms with Gasteiger partial charge in [0.2, 0.25) is 0 Å². The summed E-state index contributed by atoms with van der Waals surface area (Å²) >= 11 is 0. The largest absolute Gasteiger partial charge is 0.0579 e. The molecule has 0 aliphatic rings. The highest BCUT2D eigenvalue weighted by molar-refractivity contribution is 7.74. The Morgan fingerprint density at radius 1 is 0.340 bits per heavy atom. The molecule has 0 N–H and O–H groups in total. The van der Waals surface area contributed by atoms with Crippen molar-refractivity contribution in [1.82, 2.24) is 0 Å². The fraction of sp³-hybridized carbons (Fsp3) is 0.467. The van der Waals surface area contributed by atoms with Gasteiger partial charge in [-0.2, -0.15) is 0 Å². The van der Waals surface area contributed by atoms with Gasteiger partial charge in [0.05, 0.1) is 0 Å². The molecule has 2 atom stereocenters. The second kappa shape index (κ2) is 14.3. The van der Waals surface area contributed by atoms with Gasteiger partial charge in [-0.15, -0.1) is 0 Å². The van der Waals surface area contributed by atoms with Gasteiger partial charge >= 0.3 is 0 Å². The first-order chi connectivity index (χ1) is 21.7. The number of hydrogen-bond acceptors (Lipinski definition) is 0. The molecule has 0 aliphatic carbocycles. The zero-order chi connectivity index (χ0) is 34.9. The highest BCUT2D eigenvalue weighted by Crippen LogP contribution is 2.48. The molecule has 4 rings (SSSR count). The average molecular weight is 665 g/mol. The van der Waals surface area contributed by atoms with E-state index in [9.17, 15) is 0 Å². The van der Waals surface area contributed by atoms with Crippen LogP contribution >= 0.6 is 15.8 Å². The Bertz CT molecular complexity index is 1330. The summed E-state index contributed by atoms with van der Waals surface area (Å²) in [5.41, 5.74) is 7.29. The van der Waals surface area contributed by atoms with Crippen molar-refractivity contribution in [3.8, 4) is 0 Å². The second-order valence-electron chi connectivity index (χ2n) is 17.9. The highest BCUT2D eigenvalue weighted by Gasteiger charge is 2.29. The van der Waals surface area contributed by atoms with E-state index in [4.69, 9.17) is 0 Å². The lowest BCUT2D eigenvalue weighted by atomic mass is 9.87. The Labute approximate surface area is 291 Å². The molecule has 47 heavy (non-hydrogen) atoms. The Morgan fingerprint density at radius 2 is 0.511 bits per heavy atom. The number of rotatable bonds is 8. The smallest absolute Gasteiger partial charge is 0.0132 e. The summed E-state index contributed by atoms with van der Waals surface area (Å²) in [4.78, 5) is 0. The molecule has 2 heteroatoms. The van der Waals surface area contributed by atoms with Crippen LogP contribution in [0.4, 0.5) is 0 Å². The van der Waals surface area contributed by atoms with Crippen LogP contribution in [0.3, 0.4) is 0 Å². The van der Waals surface area contributed by atoms with Crippen LogP contribution in [0.1, 0.15) is 126 Å². The summed E-state index contributed by atoms with van der Waals surface area (Å²) in [6.45, 7) is 32.8. The average Bonchev–Trinajstić information content (AvgIpc) is 2.97. The summed E-state index contributed by atoms with van der Waals surface area (Å²) in [5.74, 6) is 0. The van der Waals surface area contributed by atoms with Gasteiger partial charge in [-0.3, -0.25) is 0 Å². The van der Waals surface area contributed by atoms with E-state index in [1.54, 1.807) is 0 Å². The van der Waals surface area contributed by atoms with Crippen molar-refractivity contribution in [2.45, 2.75) is 136 Å². The van der Waals surface area contributed by atoms with E-state index in [1.165, 1.54) is 49.9 Å². The van der Waals surface area contributed by atoms with Crippen LogP contribution in [0.2, 0.25) is 0 Å².